The molecule has 0 unspecified atom stereocenters. The number of aromatic nitrogens is 1. The number of carbonyl (C=O) groups is 1. The van der Waals surface area contributed by atoms with Crippen molar-refractivity contribution in [2.24, 2.45) is 5.92 Å². The van der Waals surface area contributed by atoms with Crippen LogP contribution >= 0.6 is 0 Å². The smallest absolute Gasteiger partial charge is 0.309 e. The highest BCUT2D eigenvalue weighted by molar-refractivity contribution is 5.78. The first-order chi connectivity index (χ1) is 8.72. The maximum Gasteiger partial charge on any atom is 0.309 e. The summed E-state index contributed by atoms with van der Waals surface area (Å²) in [5.41, 5.74) is 1.99. The average Bonchev–Trinajstić information content (AvgIpc) is 2.32. The van der Waals surface area contributed by atoms with Gasteiger partial charge in [0, 0.05) is 25.0 Å². The van der Waals surface area contributed by atoms with Gasteiger partial charge >= 0.3 is 5.97 Å². The molecule has 4 heteroatoms. The van der Waals surface area contributed by atoms with Crippen LogP contribution in [0, 0.1) is 5.92 Å². The van der Waals surface area contributed by atoms with Crippen LogP contribution in [0.3, 0.4) is 0 Å². The molecule has 3 rings (SSSR count). The van der Waals surface area contributed by atoms with Crippen LogP contribution in [0.15, 0.2) is 36.4 Å². The molecule has 1 fully saturated rings. The zero-order valence-corrected chi connectivity index (χ0v) is 9.91. The molecule has 2 aromatic rings. The Labute approximate surface area is 105 Å². The van der Waals surface area contributed by atoms with Crippen LogP contribution < -0.4 is 0 Å². The fourth-order valence-corrected chi connectivity index (χ4v) is 2.28. The van der Waals surface area contributed by atoms with Crippen LogP contribution in [-0.2, 0) is 11.3 Å². The molecule has 4 nitrogen and oxygen atoms in total. The summed E-state index contributed by atoms with van der Waals surface area (Å²) < 4.78 is 0. The fraction of sp³-hybridized carbons (Fsp3) is 0.286. The van der Waals surface area contributed by atoms with Crippen LogP contribution in [0.2, 0.25) is 0 Å². The average molecular weight is 242 g/mol. The van der Waals surface area contributed by atoms with Gasteiger partial charge in [-0.1, -0.05) is 24.3 Å². The van der Waals surface area contributed by atoms with Crippen molar-refractivity contribution in [1.82, 2.24) is 9.88 Å². The molecule has 1 aliphatic heterocycles. The second-order valence-electron chi connectivity index (χ2n) is 4.72. The van der Waals surface area contributed by atoms with Gasteiger partial charge in [0.05, 0.1) is 17.1 Å². The van der Waals surface area contributed by atoms with E-state index in [4.69, 9.17) is 5.11 Å². The van der Waals surface area contributed by atoms with Gasteiger partial charge in [0.1, 0.15) is 0 Å². The minimum Gasteiger partial charge on any atom is -0.481 e. The van der Waals surface area contributed by atoms with Crippen molar-refractivity contribution >= 4 is 16.9 Å². The fourth-order valence-electron chi connectivity index (χ4n) is 2.28. The second-order valence-corrected chi connectivity index (χ2v) is 4.72. The normalized spacial score (nSPS) is 16.7. The molecular weight excluding hydrogens is 228 g/mol. The minimum atomic E-state index is -0.697. The lowest BCUT2D eigenvalue weighted by atomic mass is 10.0. The first kappa shape index (κ1) is 11.2. The molecule has 0 aliphatic carbocycles. The highest BCUT2D eigenvalue weighted by Crippen LogP contribution is 2.19. The van der Waals surface area contributed by atoms with Gasteiger partial charge in [-0.3, -0.25) is 14.7 Å². The van der Waals surface area contributed by atoms with E-state index in [1.807, 2.05) is 30.3 Å². The SMILES string of the molecule is O=C(O)C1CN(Cc2ccc3ccccc3n2)C1. The Morgan fingerprint density at radius 1 is 1.28 bits per heavy atom. The maximum absolute atomic E-state index is 10.7. The third-order valence-corrected chi connectivity index (χ3v) is 3.35. The van der Waals surface area contributed by atoms with Gasteiger partial charge in [0.2, 0.25) is 0 Å². The lowest BCUT2D eigenvalue weighted by molar-refractivity contribution is -0.147. The maximum atomic E-state index is 10.7. The van der Waals surface area contributed by atoms with Gasteiger partial charge in [0.25, 0.3) is 0 Å². The van der Waals surface area contributed by atoms with E-state index in [-0.39, 0.29) is 5.92 Å². The van der Waals surface area contributed by atoms with Crippen molar-refractivity contribution in [3.63, 3.8) is 0 Å². The van der Waals surface area contributed by atoms with Crippen LogP contribution in [0.4, 0.5) is 0 Å². The van der Waals surface area contributed by atoms with Crippen molar-refractivity contribution < 1.29 is 9.90 Å². The largest absolute Gasteiger partial charge is 0.481 e. The minimum absolute atomic E-state index is 0.203. The van der Waals surface area contributed by atoms with E-state index in [2.05, 4.69) is 16.0 Å². The number of pyridine rings is 1. The Kier molecular flexibility index (Phi) is 2.72. The number of hydrogen-bond acceptors (Lipinski definition) is 3. The molecule has 18 heavy (non-hydrogen) atoms. The third-order valence-electron chi connectivity index (χ3n) is 3.35. The molecule has 0 radical (unpaired) electrons. The quantitative estimate of drug-likeness (QED) is 0.891. The molecule has 1 aromatic carbocycles. The summed E-state index contributed by atoms with van der Waals surface area (Å²) in [4.78, 5) is 17.4. The van der Waals surface area contributed by atoms with Crippen LogP contribution in [0.1, 0.15) is 5.69 Å². The van der Waals surface area contributed by atoms with Crippen LogP contribution in [-0.4, -0.2) is 34.0 Å². The van der Waals surface area contributed by atoms with Crippen LogP contribution in [0.25, 0.3) is 10.9 Å². The van der Waals surface area contributed by atoms with Gasteiger partial charge in [-0.2, -0.15) is 0 Å². The van der Waals surface area contributed by atoms with Crippen molar-refractivity contribution in [3.05, 3.63) is 42.1 Å². The van der Waals surface area contributed by atoms with Crippen molar-refractivity contribution in [2.45, 2.75) is 6.54 Å². The Morgan fingerprint density at radius 3 is 2.83 bits per heavy atom. The topological polar surface area (TPSA) is 53.4 Å². The van der Waals surface area contributed by atoms with Gasteiger partial charge in [-0.15, -0.1) is 0 Å². The summed E-state index contributed by atoms with van der Waals surface area (Å²) in [7, 11) is 0. The Hall–Kier alpha value is -1.94. The molecule has 0 amide bonds. The second kappa shape index (κ2) is 4.38. The highest BCUT2D eigenvalue weighted by Gasteiger charge is 2.32. The number of nitrogens with zero attached hydrogens (tertiary/aromatic N) is 2. The number of aliphatic carboxylic acids is 1. The Morgan fingerprint density at radius 2 is 2.06 bits per heavy atom. The van der Waals surface area contributed by atoms with Gasteiger partial charge < -0.3 is 5.11 Å². The number of fused-ring (bicyclic) bond motifs is 1. The number of likely N-dealkylation sites (tertiary alicyclic amines) is 1. The summed E-state index contributed by atoms with van der Waals surface area (Å²) in [6.07, 6.45) is 0. The monoisotopic (exact) mass is 242 g/mol. The van der Waals surface area contributed by atoms with E-state index in [0.29, 0.717) is 13.1 Å². The predicted molar refractivity (Wildman–Crippen MR) is 68.1 cm³/mol. The summed E-state index contributed by atoms with van der Waals surface area (Å²) in [6.45, 7) is 1.99. The molecule has 1 N–H and O–H groups in total. The molecule has 1 saturated heterocycles. The standard InChI is InChI=1S/C14H14N2O2/c17-14(18)11-7-16(8-11)9-12-6-5-10-3-1-2-4-13(10)15-12/h1-6,11H,7-9H2,(H,17,18). The first-order valence-corrected chi connectivity index (χ1v) is 6.02. The molecule has 92 valence electrons. The number of carboxylic acids is 1. The number of rotatable bonds is 3. The molecule has 0 spiro atoms. The first-order valence-electron chi connectivity index (χ1n) is 6.02. The van der Waals surface area contributed by atoms with E-state index in [1.165, 1.54) is 0 Å². The van der Waals surface area contributed by atoms with Gasteiger partial charge in [0.15, 0.2) is 0 Å². The molecule has 1 aromatic heterocycles. The highest BCUT2D eigenvalue weighted by atomic mass is 16.4. The van der Waals surface area contributed by atoms with E-state index in [1.54, 1.807) is 0 Å². The number of carboxylic acid groups (broad SMARTS) is 1. The molecule has 0 saturated carbocycles. The van der Waals surface area contributed by atoms with E-state index in [0.717, 1.165) is 23.1 Å². The molecule has 1 aliphatic rings. The van der Waals surface area contributed by atoms with E-state index < -0.39 is 5.97 Å². The lowest BCUT2D eigenvalue weighted by Gasteiger charge is -2.36. The Bertz CT molecular complexity index is 591. The summed E-state index contributed by atoms with van der Waals surface area (Å²) in [5.74, 6) is -0.900. The number of hydrogen-bond donors (Lipinski definition) is 1. The molecule has 0 bridgehead atoms. The Balaban J connectivity index is 1.70. The molecular formula is C14H14N2O2. The summed E-state index contributed by atoms with van der Waals surface area (Å²) >= 11 is 0. The summed E-state index contributed by atoms with van der Waals surface area (Å²) in [5, 5.41) is 9.95. The molecule has 0 atom stereocenters. The summed E-state index contributed by atoms with van der Waals surface area (Å²) in [6, 6.07) is 12.1. The van der Waals surface area contributed by atoms with Crippen molar-refractivity contribution in [3.8, 4) is 0 Å². The van der Waals surface area contributed by atoms with E-state index >= 15 is 0 Å². The third kappa shape index (κ3) is 2.07. The molecule has 2 heterocycles. The van der Waals surface area contributed by atoms with Gasteiger partial charge in [-0.05, 0) is 12.1 Å². The zero-order chi connectivity index (χ0) is 12.5. The number of benzene rings is 1. The number of para-hydroxylation sites is 1. The van der Waals surface area contributed by atoms with Crippen LogP contribution in [0.5, 0.6) is 0 Å². The van der Waals surface area contributed by atoms with Gasteiger partial charge in [-0.25, -0.2) is 0 Å². The van der Waals surface area contributed by atoms with Crippen molar-refractivity contribution in [1.29, 1.82) is 0 Å². The lowest BCUT2D eigenvalue weighted by Crippen LogP contribution is -2.49. The predicted octanol–water partition coefficient (Wildman–Crippen LogP) is 1.75. The van der Waals surface area contributed by atoms with Crippen molar-refractivity contribution in [2.75, 3.05) is 13.1 Å². The zero-order valence-electron chi connectivity index (χ0n) is 9.91. The van der Waals surface area contributed by atoms with E-state index in [9.17, 15) is 4.79 Å².